The summed E-state index contributed by atoms with van der Waals surface area (Å²) in [7, 11) is 0. The predicted octanol–water partition coefficient (Wildman–Crippen LogP) is 9.22. The van der Waals surface area contributed by atoms with Gasteiger partial charge in [-0.1, -0.05) is 133 Å². The van der Waals surface area contributed by atoms with Crippen LogP contribution in [0.4, 0.5) is 0 Å². The number of esters is 1. The second-order valence-corrected chi connectivity index (χ2v) is 13.2. The van der Waals surface area contributed by atoms with E-state index in [9.17, 15) is 4.79 Å². The summed E-state index contributed by atoms with van der Waals surface area (Å²) in [5.74, 6) is 0.995. The fraction of sp³-hybridized carbons (Fsp3) is 0.239. The van der Waals surface area contributed by atoms with Crippen molar-refractivity contribution >= 4 is 16.7 Å². The Hall–Kier alpha value is -5.51. The summed E-state index contributed by atoms with van der Waals surface area (Å²) >= 11 is 0. The second-order valence-electron chi connectivity index (χ2n) is 13.2. The Kier molecular flexibility index (Phi) is 12.3. The van der Waals surface area contributed by atoms with E-state index < -0.39 is 36.7 Å². The Morgan fingerprint density at radius 1 is 0.519 bits per heavy atom. The lowest BCUT2D eigenvalue weighted by atomic mass is 9.98. The zero-order chi connectivity index (χ0) is 37.1. The van der Waals surface area contributed by atoms with Gasteiger partial charge in [0.1, 0.15) is 42.2 Å². The van der Waals surface area contributed by atoms with Gasteiger partial charge in [0.15, 0.2) is 0 Å². The van der Waals surface area contributed by atoms with Gasteiger partial charge >= 0.3 is 5.97 Å². The van der Waals surface area contributed by atoms with E-state index in [1.165, 1.54) is 6.92 Å². The van der Waals surface area contributed by atoms with Gasteiger partial charge in [0.2, 0.25) is 6.29 Å². The van der Waals surface area contributed by atoms with Gasteiger partial charge in [-0.2, -0.15) is 0 Å². The Morgan fingerprint density at radius 3 is 1.54 bits per heavy atom. The van der Waals surface area contributed by atoms with Crippen molar-refractivity contribution < 1.29 is 38.0 Å². The standard InChI is InChI=1S/C46H44O8/c1-32-43(49-29-35-18-9-4-10-19-35)44(50-30-36-20-11-5-12-21-36)45(51-31-37-22-13-6-14-23-37)46(52-32)54-41-27-26-39(53-33(2)47)38-24-15-25-40(42(38)41)48-28-34-16-7-3-8-17-34/h3-27,32,43-46H,28-31H2,1-2H3/t32-,43-,44+,45+,46-/m0/s1. The number of benzene rings is 6. The van der Waals surface area contributed by atoms with E-state index in [0.29, 0.717) is 47.8 Å². The highest BCUT2D eigenvalue weighted by Gasteiger charge is 2.48. The Balaban J connectivity index is 1.25. The number of hydrogen-bond acceptors (Lipinski definition) is 8. The first-order chi connectivity index (χ1) is 26.5. The molecule has 0 spiro atoms. The van der Waals surface area contributed by atoms with E-state index in [0.717, 1.165) is 22.3 Å². The molecular weight excluding hydrogens is 680 g/mol. The van der Waals surface area contributed by atoms with E-state index in [-0.39, 0.29) is 6.61 Å². The number of fused-ring (bicyclic) bond motifs is 1. The Labute approximate surface area is 316 Å². The van der Waals surface area contributed by atoms with Gasteiger partial charge in [-0.3, -0.25) is 4.79 Å². The van der Waals surface area contributed by atoms with Crippen molar-refractivity contribution in [1.82, 2.24) is 0 Å². The van der Waals surface area contributed by atoms with Gasteiger partial charge < -0.3 is 33.2 Å². The summed E-state index contributed by atoms with van der Waals surface area (Å²) in [6.07, 6.45) is -3.19. The summed E-state index contributed by atoms with van der Waals surface area (Å²) in [5, 5.41) is 1.29. The number of carbonyl (C=O) groups excluding carboxylic acids is 1. The van der Waals surface area contributed by atoms with Gasteiger partial charge in [0.25, 0.3) is 0 Å². The van der Waals surface area contributed by atoms with Crippen molar-refractivity contribution in [3.63, 3.8) is 0 Å². The molecule has 0 bridgehead atoms. The molecule has 1 heterocycles. The summed E-state index contributed by atoms with van der Waals surface area (Å²) < 4.78 is 45.8. The molecule has 6 aromatic rings. The molecule has 276 valence electrons. The van der Waals surface area contributed by atoms with Crippen LogP contribution in [-0.2, 0) is 50.2 Å². The van der Waals surface area contributed by atoms with Gasteiger partial charge in [-0.05, 0) is 47.4 Å². The van der Waals surface area contributed by atoms with Gasteiger partial charge in [-0.25, -0.2) is 0 Å². The molecule has 0 aliphatic carbocycles. The maximum Gasteiger partial charge on any atom is 0.308 e. The first-order valence-electron chi connectivity index (χ1n) is 18.2. The SMILES string of the molecule is CC(=O)Oc1ccc(O[C@@H]2O[C@@H](C)[C@H](OCc3ccccc3)[C@@H](OCc3ccccc3)[C@H]2OCc2ccccc2)c2c(OCc3ccccc3)cccc12. The van der Waals surface area contributed by atoms with Crippen molar-refractivity contribution in [1.29, 1.82) is 0 Å². The molecule has 0 amide bonds. The molecule has 54 heavy (non-hydrogen) atoms. The molecule has 0 unspecified atom stereocenters. The zero-order valence-corrected chi connectivity index (χ0v) is 30.4. The fourth-order valence-electron chi connectivity index (χ4n) is 6.60. The lowest BCUT2D eigenvalue weighted by Crippen LogP contribution is -2.60. The normalized spacial score (nSPS) is 19.6. The first kappa shape index (κ1) is 36.8. The first-order valence-corrected chi connectivity index (χ1v) is 18.2. The summed E-state index contributed by atoms with van der Waals surface area (Å²) in [6, 6.07) is 49.1. The minimum atomic E-state index is -0.925. The second kappa shape index (κ2) is 18.0. The molecule has 0 saturated carbocycles. The van der Waals surface area contributed by atoms with Crippen molar-refractivity contribution in [3.8, 4) is 17.2 Å². The van der Waals surface area contributed by atoms with Crippen LogP contribution >= 0.6 is 0 Å². The van der Waals surface area contributed by atoms with Crippen LogP contribution in [0.25, 0.3) is 10.8 Å². The van der Waals surface area contributed by atoms with E-state index in [2.05, 4.69) is 0 Å². The molecule has 0 radical (unpaired) electrons. The summed E-state index contributed by atoms with van der Waals surface area (Å²) in [5.41, 5.74) is 4.05. The van der Waals surface area contributed by atoms with Crippen LogP contribution < -0.4 is 14.2 Å². The van der Waals surface area contributed by atoms with E-state index in [4.69, 9.17) is 33.2 Å². The molecule has 6 aromatic carbocycles. The summed E-state index contributed by atoms with van der Waals surface area (Å²) in [4.78, 5) is 12.1. The van der Waals surface area contributed by atoms with Gasteiger partial charge in [-0.15, -0.1) is 0 Å². The molecule has 1 aliphatic heterocycles. The van der Waals surface area contributed by atoms with Crippen LogP contribution in [0.3, 0.4) is 0 Å². The minimum absolute atomic E-state index is 0.289. The average Bonchev–Trinajstić information content (AvgIpc) is 3.20. The smallest absolute Gasteiger partial charge is 0.308 e. The van der Waals surface area contributed by atoms with Crippen molar-refractivity contribution in [2.45, 2.75) is 71.0 Å². The predicted molar refractivity (Wildman–Crippen MR) is 206 cm³/mol. The highest BCUT2D eigenvalue weighted by molar-refractivity contribution is 5.99. The van der Waals surface area contributed by atoms with Crippen LogP contribution in [0.15, 0.2) is 152 Å². The third-order valence-corrected chi connectivity index (χ3v) is 9.24. The maximum absolute atomic E-state index is 12.1. The molecule has 0 aromatic heterocycles. The molecule has 5 atom stereocenters. The van der Waals surface area contributed by atoms with E-state index in [1.54, 1.807) is 12.1 Å². The summed E-state index contributed by atoms with van der Waals surface area (Å²) in [6.45, 7) is 4.66. The van der Waals surface area contributed by atoms with Crippen LogP contribution in [-0.4, -0.2) is 36.7 Å². The van der Waals surface area contributed by atoms with Gasteiger partial charge in [0.05, 0.1) is 31.3 Å². The molecular formula is C46H44O8. The number of hydrogen-bond donors (Lipinski definition) is 0. The molecule has 1 aliphatic rings. The van der Waals surface area contributed by atoms with Crippen molar-refractivity contribution in [2.75, 3.05) is 0 Å². The van der Waals surface area contributed by atoms with Crippen LogP contribution in [0.2, 0.25) is 0 Å². The van der Waals surface area contributed by atoms with Crippen LogP contribution in [0, 0.1) is 0 Å². The van der Waals surface area contributed by atoms with Crippen LogP contribution in [0.5, 0.6) is 17.2 Å². The molecule has 8 heteroatoms. The third-order valence-electron chi connectivity index (χ3n) is 9.24. The van der Waals surface area contributed by atoms with Crippen molar-refractivity contribution in [2.24, 2.45) is 0 Å². The molecule has 1 fully saturated rings. The Bertz CT molecular complexity index is 2070. The highest BCUT2D eigenvalue weighted by atomic mass is 16.7. The number of ether oxygens (including phenoxy) is 7. The average molecular weight is 725 g/mol. The topological polar surface area (TPSA) is 81.7 Å². The number of carbonyl (C=O) groups is 1. The monoisotopic (exact) mass is 724 g/mol. The van der Waals surface area contributed by atoms with Gasteiger partial charge in [0, 0.05) is 12.3 Å². The minimum Gasteiger partial charge on any atom is -0.488 e. The van der Waals surface area contributed by atoms with Crippen molar-refractivity contribution in [3.05, 3.63) is 174 Å². The van der Waals surface area contributed by atoms with Crippen LogP contribution in [0.1, 0.15) is 36.1 Å². The lowest BCUT2D eigenvalue weighted by molar-refractivity contribution is -0.300. The maximum atomic E-state index is 12.1. The third kappa shape index (κ3) is 9.34. The molecule has 1 saturated heterocycles. The zero-order valence-electron chi connectivity index (χ0n) is 30.4. The quantitative estimate of drug-likeness (QED) is 0.0766. The molecule has 7 rings (SSSR count). The highest BCUT2D eigenvalue weighted by Crippen LogP contribution is 2.42. The lowest BCUT2D eigenvalue weighted by Gasteiger charge is -2.45. The largest absolute Gasteiger partial charge is 0.488 e. The Morgan fingerprint density at radius 2 is 1.00 bits per heavy atom. The van der Waals surface area contributed by atoms with E-state index >= 15 is 0 Å². The molecule has 0 N–H and O–H groups in total. The van der Waals surface area contributed by atoms with E-state index in [1.807, 2.05) is 146 Å². The fourth-order valence-corrected chi connectivity index (χ4v) is 6.60. The number of rotatable bonds is 15. The molecule has 8 nitrogen and oxygen atoms in total.